The van der Waals surface area contributed by atoms with Crippen LogP contribution in [0.2, 0.25) is 0 Å². The summed E-state index contributed by atoms with van der Waals surface area (Å²) in [5.74, 6) is 1.28. The Morgan fingerprint density at radius 1 is 1.07 bits per heavy atom. The van der Waals surface area contributed by atoms with Crippen molar-refractivity contribution in [2.45, 2.75) is 26.4 Å². The van der Waals surface area contributed by atoms with Gasteiger partial charge in [-0.1, -0.05) is 12.1 Å². The van der Waals surface area contributed by atoms with E-state index in [-0.39, 0.29) is 11.9 Å². The van der Waals surface area contributed by atoms with Crippen molar-refractivity contribution in [3.05, 3.63) is 52.6 Å². The van der Waals surface area contributed by atoms with Crippen molar-refractivity contribution in [2.75, 3.05) is 20.8 Å². The molecule has 148 valence electrons. The number of hydrogen-bond acceptors (Lipinski definition) is 6. The van der Waals surface area contributed by atoms with Crippen LogP contribution in [-0.4, -0.2) is 33.1 Å². The molecule has 0 aromatic heterocycles. The number of aldehydes is 1. The quantitative estimate of drug-likeness (QED) is 0.513. The summed E-state index contributed by atoms with van der Waals surface area (Å²) in [7, 11) is 3.18. The van der Waals surface area contributed by atoms with Gasteiger partial charge in [0.05, 0.1) is 32.3 Å². The first-order chi connectivity index (χ1) is 13.6. The summed E-state index contributed by atoms with van der Waals surface area (Å²) >= 11 is 0. The Morgan fingerprint density at radius 2 is 1.79 bits per heavy atom. The minimum atomic E-state index is -0.306. The van der Waals surface area contributed by atoms with Crippen LogP contribution >= 0.6 is 0 Å². The van der Waals surface area contributed by atoms with Crippen molar-refractivity contribution >= 4 is 12.3 Å². The van der Waals surface area contributed by atoms with Gasteiger partial charge in [-0.25, -0.2) is 0 Å². The Labute approximate surface area is 164 Å². The van der Waals surface area contributed by atoms with Gasteiger partial charge in [0.1, 0.15) is 23.9 Å². The second kappa shape index (κ2) is 8.78. The van der Waals surface area contributed by atoms with Crippen molar-refractivity contribution in [3.63, 3.8) is 0 Å². The third-order valence-electron chi connectivity index (χ3n) is 4.93. The first-order valence-electron chi connectivity index (χ1n) is 9.21. The van der Waals surface area contributed by atoms with Gasteiger partial charge in [-0.05, 0) is 48.6 Å². The molecule has 1 unspecified atom stereocenters. The highest BCUT2D eigenvalue weighted by Crippen LogP contribution is 2.41. The third-order valence-corrected chi connectivity index (χ3v) is 4.93. The monoisotopic (exact) mass is 384 g/mol. The van der Waals surface area contributed by atoms with Gasteiger partial charge in [-0.3, -0.25) is 9.59 Å². The summed E-state index contributed by atoms with van der Waals surface area (Å²) < 4.78 is 21.7. The second-order valence-corrected chi connectivity index (χ2v) is 6.56. The van der Waals surface area contributed by atoms with Crippen molar-refractivity contribution in [1.82, 2.24) is 0 Å². The van der Waals surface area contributed by atoms with Gasteiger partial charge in [0.15, 0.2) is 6.29 Å². The zero-order valence-corrected chi connectivity index (χ0v) is 16.3. The van der Waals surface area contributed by atoms with Crippen LogP contribution in [0.3, 0.4) is 0 Å². The summed E-state index contributed by atoms with van der Waals surface area (Å²) in [6.07, 6.45) is 1.73. The van der Waals surface area contributed by atoms with Crippen LogP contribution in [0, 0.1) is 5.92 Å². The number of ether oxygens (including phenoxy) is 4. The first kappa shape index (κ1) is 19.7. The van der Waals surface area contributed by atoms with E-state index < -0.39 is 0 Å². The van der Waals surface area contributed by atoms with E-state index in [0.29, 0.717) is 43.1 Å². The molecule has 2 aromatic carbocycles. The van der Waals surface area contributed by atoms with Crippen LogP contribution in [0.4, 0.5) is 0 Å². The SMILES string of the molecule is CCOC(=O)C1Cc2c(OC)cc(OCc3ccc(OC)cc3)c(C=O)c2C1. The number of hydrogen-bond donors (Lipinski definition) is 0. The molecule has 1 aliphatic carbocycles. The minimum Gasteiger partial charge on any atom is -0.497 e. The standard InChI is InChI=1S/C22H24O6/c1-4-27-22(24)15-9-17-18(10-15)20(26-3)11-21(19(17)12-23)28-13-14-5-7-16(25-2)8-6-14/h5-8,11-12,15H,4,9-10,13H2,1-3H3. The molecule has 28 heavy (non-hydrogen) atoms. The van der Waals surface area contributed by atoms with Crippen molar-refractivity contribution < 1.29 is 28.5 Å². The van der Waals surface area contributed by atoms with E-state index in [2.05, 4.69) is 0 Å². The number of fused-ring (bicyclic) bond motifs is 1. The Hall–Kier alpha value is -3.02. The average molecular weight is 384 g/mol. The molecule has 3 rings (SSSR count). The molecule has 0 saturated carbocycles. The lowest BCUT2D eigenvalue weighted by molar-refractivity contribution is -0.147. The molecule has 1 aliphatic rings. The van der Waals surface area contributed by atoms with Crippen LogP contribution in [-0.2, 0) is 29.0 Å². The molecule has 0 N–H and O–H groups in total. The maximum atomic E-state index is 12.2. The molecular formula is C22H24O6. The number of carbonyl (C=O) groups excluding carboxylic acids is 2. The van der Waals surface area contributed by atoms with Gasteiger partial charge in [-0.2, -0.15) is 0 Å². The van der Waals surface area contributed by atoms with Crippen molar-refractivity contribution in [2.24, 2.45) is 5.92 Å². The van der Waals surface area contributed by atoms with Gasteiger partial charge < -0.3 is 18.9 Å². The van der Waals surface area contributed by atoms with Crippen LogP contribution in [0.1, 0.15) is 34.0 Å². The molecule has 0 fully saturated rings. The summed E-state index contributed by atoms with van der Waals surface area (Å²) in [5, 5.41) is 0. The molecule has 0 heterocycles. The third kappa shape index (κ3) is 3.96. The molecule has 0 spiro atoms. The fraction of sp³-hybridized carbons (Fsp3) is 0.364. The molecule has 6 nitrogen and oxygen atoms in total. The molecule has 1 atom stereocenters. The Morgan fingerprint density at radius 3 is 2.39 bits per heavy atom. The van der Waals surface area contributed by atoms with Crippen LogP contribution < -0.4 is 14.2 Å². The van der Waals surface area contributed by atoms with Crippen molar-refractivity contribution in [1.29, 1.82) is 0 Å². The summed E-state index contributed by atoms with van der Waals surface area (Å²) in [4.78, 5) is 24.0. The normalized spacial score (nSPS) is 14.9. The summed E-state index contributed by atoms with van der Waals surface area (Å²) in [5.41, 5.74) is 3.09. The van der Waals surface area contributed by atoms with Crippen LogP contribution in [0.25, 0.3) is 0 Å². The molecule has 0 amide bonds. The Kier molecular flexibility index (Phi) is 6.19. The maximum Gasteiger partial charge on any atom is 0.309 e. The second-order valence-electron chi connectivity index (χ2n) is 6.56. The maximum absolute atomic E-state index is 12.2. The molecular weight excluding hydrogens is 360 g/mol. The lowest BCUT2D eigenvalue weighted by Crippen LogP contribution is -2.18. The highest BCUT2D eigenvalue weighted by atomic mass is 16.5. The van der Waals surface area contributed by atoms with E-state index >= 15 is 0 Å². The lowest BCUT2D eigenvalue weighted by atomic mass is 10.0. The zero-order valence-electron chi connectivity index (χ0n) is 16.3. The largest absolute Gasteiger partial charge is 0.497 e. The number of methoxy groups -OCH3 is 2. The van der Waals surface area contributed by atoms with Gasteiger partial charge in [0.25, 0.3) is 0 Å². The first-order valence-corrected chi connectivity index (χ1v) is 9.21. The van der Waals surface area contributed by atoms with Gasteiger partial charge in [-0.15, -0.1) is 0 Å². The molecule has 2 aromatic rings. The summed E-state index contributed by atoms with van der Waals surface area (Å²) in [6.45, 7) is 2.41. The molecule has 0 bridgehead atoms. The van der Waals surface area contributed by atoms with E-state index in [0.717, 1.165) is 28.7 Å². The number of benzene rings is 2. The smallest absolute Gasteiger partial charge is 0.309 e. The highest BCUT2D eigenvalue weighted by Gasteiger charge is 2.34. The fourth-order valence-electron chi connectivity index (χ4n) is 3.51. The predicted octanol–water partition coefficient (Wildman–Crippen LogP) is 3.37. The number of esters is 1. The molecule has 6 heteroatoms. The lowest BCUT2D eigenvalue weighted by Gasteiger charge is -2.15. The van der Waals surface area contributed by atoms with Gasteiger partial charge >= 0.3 is 5.97 Å². The number of rotatable bonds is 8. The zero-order chi connectivity index (χ0) is 20.1. The minimum absolute atomic E-state index is 0.252. The van der Waals surface area contributed by atoms with E-state index in [1.807, 2.05) is 24.3 Å². The summed E-state index contributed by atoms with van der Waals surface area (Å²) in [6, 6.07) is 9.24. The van der Waals surface area contributed by atoms with E-state index in [9.17, 15) is 9.59 Å². The Bertz CT molecular complexity index is 856. The van der Waals surface area contributed by atoms with Crippen LogP contribution in [0.15, 0.2) is 30.3 Å². The fourth-order valence-corrected chi connectivity index (χ4v) is 3.51. The molecule has 0 saturated heterocycles. The van der Waals surface area contributed by atoms with Gasteiger partial charge in [0.2, 0.25) is 0 Å². The van der Waals surface area contributed by atoms with E-state index in [1.54, 1.807) is 27.2 Å². The highest BCUT2D eigenvalue weighted by molar-refractivity contribution is 5.86. The molecule has 0 radical (unpaired) electrons. The van der Waals surface area contributed by atoms with E-state index in [1.165, 1.54) is 0 Å². The Balaban J connectivity index is 1.85. The topological polar surface area (TPSA) is 71.1 Å². The van der Waals surface area contributed by atoms with Crippen molar-refractivity contribution in [3.8, 4) is 17.2 Å². The average Bonchev–Trinajstić information content (AvgIpc) is 3.17. The predicted molar refractivity (Wildman–Crippen MR) is 103 cm³/mol. The van der Waals surface area contributed by atoms with Gasteiger partial charge in [0, 0.05) is 6.07 Å². The van der Waals surface area contributed by atoms with E-state index in [4.69, 9.17) is 18.9 Å². The van der Waals surface area contributed by atoms with Crippen LogP contribution in [0.5, 0.6) is 17.2 Å². The number of carbonyl (C=O) groups is 2. The molecule has 0 aliphatic heterocycles.